The Balaban J connectivity index is 0.00000342. The minimum Gasteiger partial charge on any atom is -1.00 e. The summed E-state index contributed by atoms with van der Waals surface area (Å²) >= 11 is 0. The van der Waals surface area contributed by atoms with E-state index in [-0.39, 0.29) is 43.6 Å². The second kappa shape index (κ2) is 14.4. The molecule has 0 saturated carbocycles. The summed E-state index contributed by atoms with van der Waals surface area (Å²) in [5, 5.41) is 0. The molecule has 0 aliphatic heterocycles. The molecule has 0 aliphatic rings. The number of carbonyl (C=O) groups is 1. The van der Waals surface area contributed by atoms with Gasteiger partial charge >= 0.3 is 39.9 Å². The van der Waals surface area contributed by atoms with Crippen molar-refractivity contribution in [3.8, 4) is 22.5 Å². The zero-order valence-electron chi connectivity index (χ0n) is 21.8. The van der Waals surface area contributed by atoms with Gasteiger partial charge in [-0.3, -0.25) is 14.3 Å². The van der Waals surface area contributed by atoms with Crippen LogP contribution in [0, 0.1) is 0 Å². The van der Waals surface area contributed by atoms with Crippen LogP contribution in [0.25, 0.3) is 22.5 Å². The number of hydrogen-bond acceptors (Lipinski definition) is 7. The maximum absolute atomic E-state index is 11.4. The maximum Gasteiger partial charge on any atom is 1.00 e. The topological polar surface area (TPSA) is 122 Å². The van der Waals surface area contributed by atoms with E-state index in [1.54, 1.807) is 6.20 Å². The van der Waals surface area contributed by atoms with Gasteiger partial charge in [-0.1, -0.05) is 60.7 Å². The third kappa shape index (κ3) is 9.27. The van der Waals surface area contributed by atoms with Crippen LogP contribution >= 0.6 is 0 Å². The Bertz CT molecular complexity index is 1220. The van der Waals surface area contributed by atoms with E-state index < -0.39 is 22.8 Å². The van der Waals surface area contributed by atoms with E-state index in [4.69, 9.17) is 19.3 Å². The third-order valence-electron chi connectivity index (χ3n) is 5.19. The fourth-order valence-corrected chi connectivity index (χ4v) is 3.93. The van der Waals surface area contributed by atoms with Crippen LogP contribution in [0.5, 0.6) is 0 Å². The molecule has 3 aromatic rings. The Morgan fingerprint density at radius 1 is 1.03 bits per heavy atom. The number of amides is 1. The molecular formula is C25H31N4NaO5S. The van der Waals surface area contributed by atoms with Gasteiger partial charge in [0.25, 0.3) is 5.91 Å². The van der Waals surface area contributed by atoms with Gasteiger partial charge in [-0.15, -0.1) is 0 Å². The van der Waals surface area contributed by atoms with Crippen LogP contribution in [-0.2, 0) is 19.8 Å². The number of carbonyl (C=O) groups excluding carboxylic acids is 1. The number of hydrogen-bond donors (Lipinski definition) is 2. The van der Waals surface area contributed by atoms with Gasteiger partial charge in [0.15, 0.2) is 0 Å². The molecule has 36 heavy (non-hydrogen) atoms. The van der Waals surface area contributed by atoms with Crippen LogP contribution in [0.1, 0.15) is 28.1 Å². The van der Waals surface area contributed by atoms with E-state index >= 15 is 0 Å². The number of ether oxygens (including phenoxy) is 1. The van der Waals surface area contributed by atoms with Crippen molar-refractivity contribution in [3.63, 3.8) is 0 Å². The van der Waals surface area contributed by atoms with Gasteiger partial charge < -0.3 is 11.1 Å². The van der Waals surface area contributed by atoms with E-state index in [1.807, 2.05) is 60.7 Å². The summed E-state index contributed by atoms with van der Waals surface area (Å²) in [7, 11) is -4.57. The molecular weight excluding hydrogens is 491 g/mol. The monoisotopic (exact) mass is 522 g/mol. The van der Waals surface area contributed by atoms with Crippen molar-refractivity contribution in [1.82, 2.24) is 14.7 Å². The first-order valence-electron chi connectivity index (χ1n) is 11.3. The van der Waals surface area contributed by atoms with Crippen molar-refractivity contribution >= 4 is 22.0 Å². The second-order valence-electron chi connectivity index (χ2n) is 8.20. The molecule has 11 heteroatoms. The van der Waals surface area contributed by atoms with Crippen molar-refractivity contribution in [1.29, 1.82) is 0 Å². The summed E-state index contributed by atoms with van der Waals surface area (Å²) in [4.78, 5) is 23.3. The Morgan fingerprint density at radius 3 is 2.17 bits per heavy atom. The van der Waals surface area contributed by atoms with Crippen molar-refractivity contribution in [2.75, 3.05) is 24.7 Å². The average Bonchev–Trinajstić information content (AvgIpc) is 2.83. The third-order valence-corrected chi connectivity index (χ3v) is 5.67. The minimum atomic E-state index is -4.57. The molecule has 1 heterocycles. The molecule has 188 valence electrons. The van der Waals surface area contributed by atoms with Gasteiger partial charge in [0.1, 0.15) is 12.4 Å². The molecule has 0 atom stereocenters. The summed E-state index contributed by atoms with van der Waals surface area (Å²) in [5.74, 6) is -0.148. The number of nitrogens with zero attached hydrogens (tertiary/aromatic N) is 3. The van der Waals surface area contributed by atoms with Gasteiger partial charge in [0.05, 0.1) is 17.6 Å². The van der Waals surface area contributed by atoms with Gasteiger partial charge in [-0.05, 0) is 26.7 Å². The first-order chi connectivity index (χ1) is 16.7. The fraction of sp³-hybridized carbons (Fsp3) is 0.320. The average molecular weight is 523 g/mol. The molecule has 0 spiro atoms. The molecule has 1 aromatic heterocycles. The molecule has 3 rings (SSSR count). The van der Waals surface area contributed by atoms with E-state index in [2.05, 4.69) is 18.7 Å². The molecule has 0 fully saturated rings. The summed E-state index contributed by atoms with van der Waals surface area (Å²) in [6.45, 7) is 4.71. The molecule has 0 bridgehead atoms. The molecule has 0 radical (unpaired) electrons. The standard InChI is InChI=1S/C25H30N4O5S.Na.H/c1-19(2)29(15-9-10-16-34-18-23(30)28-35(31,32)33)22-17-26-24(20-11-5-3-6-12-20)25(27-22)21-13-7-4-8-14-21;;/h3-8,11-14,17,19H,9-10,15-16,18H2,1-2H3,(H,28,30)(H,31,32,33);;/q;+1;-1. The normalized spacial score (nSPS) is 11.1. The SMILES string of the molecule is CC(C)N(CCCCOCC(=O)NS(=O)(=O)O)c1cnc(-c2ccccc2)c(-c2ccccc2)n1.[H-].[Na+]. The molecule has 0 saturated heterocycles. The molecule has 1 amide bonds. The molecule has 9 nitrogen and oxygen atoms in total. The Hall–Kier alpha value is -2.34. The second-order valence-corrected chi connectivity index (χ2v) is 9.36. The van der Waals surface area contributed by atoms with Gasteiger partial charge in [-0.25, -0.2) is 9.71 Å². The van der Waals surface area contributed by atoms with Gasteiger partial charge in [-0.2, -0.15) is 8.42 Å². The predicted octanol–water partition coefficient (Wildman–Crippen LogP) is 0.858. The zero-order chi connectivity index (χ0) is 25.3. The molecule has 2 N–H and O–H groups in total. The Morgan fingerprint density at radius 2 is 1.61 bits per heavy atom. The van der Waals surface area contributed by atoms with Crippen LogP contribution in [0.2, 0.25) is 0 Å². The largest absolute Gasteiger partial charge is 1.00 e. The zero-order valence-corrected chi connectivity index (χ0v) is 23.6. The number of anilines is 1. The molecule has 0 aliphatic carbocycles. The summed E-state index contributed by atoms with van der Waals surface area (Å²) in [6, 6.07) is 20.1. The fourth-order valence-electron chi connectivity index (χ4n) is 3.58. The van der Waals surface area contributed by atoms with Gasteiger partial charge in [0, 0.05) is 30.3 Å². The van der Waals surface area contributed by atoms with E-state index in [1.165, 1.54) is 4.72 Å². The van der Waals surface area contributed by atoms with Crippen molar-refractivity contribution < 1.29 is 53.5 Å². The first kappa shape index (κ1) is 29.9. The number of benzene rings is 2. The van der Waals surface area contributed by atoms with E-state index in [0.29, 0.717) is 13.0 Å². The smallest absolute Gasteiger partial charge is 1.00 e. The van der Waals surface area contributed by atoms with Crippen molar-refractivity contribution in [2.45, 2.75) is 32.7 Å². The van der Waals surface area contributed by atoms with E-state index in [9.17, 15) is 13.2 Å². The van der Waals surface area contributed by atoms with Crippen LogP contribution in [0.15, 0.2) is 66.9 Å². The molecule has 2 aromatic carbocycles. The van der Waals surface area contributed by atoms with Crippen molar-refractivity contribution in [3.05, 3.63) is 66.9 Å². The summed E-state index contributed by atoms with van der Waals surface area (Å²) in [6.07, 6.45) is 3.22. The predicted molar refractivity (Wildman–Crippen MR) is 136 cm³/mol. The number of unbranched alkanes of at least 4 members (excludes halogenated alkanes) is 1. The van der Waals surface area contributed by atoms with Crippen molar-refractivity contribution in [2.24, 2.45) is 0 Å². The van der Waals surface area contributed by atoms with Crippen LogP contribution in [-0.4, -0.2) is 54.6 Å². The quantitative estimate of drug-likeness (QED) is 0.204. The summed E-state index contributed by atoms with van der Waals surface area (Å²) < 4.78 is 36.5. The van der Waals surface area contributed by atoms with Crippen LogP contribution in [0.3, 0.4) is 0 Å². The van der Waals surface area contributed by atoms with E-state index in [0.717, 1.165) is 34.8 Å². The minimum absolute atomic E-state index is 0. The number of nitrogens with one attached hydrogen (secondary N) is 1. The van der Waals surface area contributed by atoms with Gasteiger partial charge in [0.2, 0.25) is 0 Å². The number of rotatable bonds is 12. The Labute approximate surface area is 236 Å². The number of aromatic nitrogens is 2. The first-order valence-corrected chi connectivity index (χ1v) is 12.8. The molecule has 0 unspecified atom stereocenters. The van der Waals surface area contributed by atoms with Crippen LogP contribution < -0.4 is 39.2 Å². The Kier molecular flexibility index (Phi) is 12.0. The summed E-state index contributed by atoms with van der Waals surface area (Å²) in [5.41, 5.74) is 3.62. The van der Waals surface area contributed by atoms with Crippen LogP contribution in [0.4, 0.5) is 5.82 Å². The maximum atomic E-state index is 11.4.